The summed E-state index contributed by atoms with van der Waals surface area (Å²) >= 11 is 0. The lowest BCUT2D eigenvalue weighted by molar-refractivity contribution is 0.235. The highest BCUT2D eigenvalue weighted by molar-refractivity contribution is 7.86. The van der Waals surface area contributed by atoms with Gasteiger partial charge in [0.15, 0.2) is 5.82 Å². The predicted molar refractivity (Wildman–Crippen MR) is 84.0 cm³/mol. The summed E-state index contributed by atoms with van der Waals surface area (Å²) in [7, 11) is -3.29. The van der Waals surface area contributed by atoms with E-state index in [1.165, 1.54) is 0 Å². The fourth-order valence-corrected chi connectivity index (χ4v) is 5.40. The fourth-order valence-electron chi connectivity index (χ4n) is 3.59. The Morgan fingerprint density at radius 3 is 2.52 bits per heavy atom. The lowest BCUT2D eigenvalue weighted by Crippen LogP contribution is -2.47. The highest BCUT2D eigenvalue weighted by atomic mass is 32.2. The molecule has 3 heterocycles. The van der Waals surface area contributed by atoms with E-state index in [9.17, 15) is 8.42 Å². The molecule has 0 radical (unpaired) electrons. The Morgan fingerprint density at radius 2 is 1.78 bits per heavy atom. The molecule has 0 N–H and O–H groups in total. The Balaban J connectivity index is 1.39. The maximum Gasteiger partial charge on any atom is 0.281 e. The van der Waals surface area contributed by atoms with Crippen molar-refractivity contribution in [2.45, 2.75) is 50.9 Å². The first-order valence-electron chi connectivity index (χ1n) is 8.70. The maximum atomic E-state index is 12.7. The first-order chi connectivity index (χ1) is 11.1. The van der Waals surface area contributed by atoms with E-state index in [1.807, 2.05) is 0 Å². The Morgan fingerprint density at radius 1 is 1.04 bits per heavy atom. The van der Waals surface area contributed by atoms with Gasteiger partial charge in [-0.05, 0) is 44.4 Å². The molecule has 8 heteroatoms. The van der Waals surface area contributed by atoms with Crippen LogP contribution in [0.25, 0.3) is 0 Å². The number of nitrogens with zero attached hydrogens (tertiary/aromatic N) is 4. The standard InChI is InChI=1S/C15H24N4O3S/c20-23(21,18-7-1-2-8-18)19-9-3-4-12(11-19)10-14-16-15(17-22-14)13-5-6-13/h12-13H,1-11H2. The monoisotopic (exact) mass is 340 g/mol. The lowest BCUT2D eigenvalue weighted by Gasteiger charge is -2.33. The van der Waals surface area contributed by atoms with Gasteiger partial charge in [0.05, 0.1) is 0 Å². The van der Waals surface area contributed by atoms with E-state index in [0.29, 0.717) is 44.4 Å². The van der Waals surface area contributed by atoms with E-state index in [-0.39, 0.29) is 5.92 Å². The molecule has 1 aromatic rings. The minimum Gasteiger partial charge on any atom is -0.339 e. The average molecular weight is 340 g/mol. The van der Waals surface area contributed by atoms with Crippen molar-refractivity contribution in [2.24, 2.45) is 5.92 Å². The van der Waals surface area contributed by atoms with Crippen LogP contribution in [0.5, 0.6) is 0 Å². The summed E-state index contributed by atoms with van der Waals surface area (Å²) in [4.78, 5) is 4.47. The van der Waals surface area contributed by atoms with E-state index < -0.39 is 10.2 Å². The molecule has 3 aliphatic rings. The molecule has 0 aromatic carbocycles. The second-order valence-electron chi connectivity index (χ2n) is 7.00. The van der Waals surface area contributed by atoms with Crippen LogP contribution in [-0.2, 0) is 16.6 Å². The summed E-state index contributed by atoms with van der Waals surface area (Å²) in [6.45, 7) is 2.53. The zero-order chi connectivity index (χ0) is 15.9. The zero-order valence-corrected chi connectivity index (χ0v) is 14.2. The van der Waals surface area contributed by atoms with Crippen LogP contribution in [-0.4, -0.2) is 53.3 Å². The van der Waals surface area contributed by atoms with Crippen molar-refractivity contribution in [1.82, 2.24) is 18.8 Å². The van der Waals surface area contributed by atoms with Crippen LogP contribution < -0.4 is 0 Å². The van der Waals surface area contributed by atoms with Gasteiger partial charge in [-0.15, -0.1) is 0 Å². The van der Waals surface area contributed by atoms with E-state index in [0.717, 1.165) is 44.3 Å². The Bertz CT molecular complexity index is 649. The molecule has 1 saturated carbocycles. The minimum absolute atomic E-state index is 0.272. The average Bonchev–Trinajstić information content (AvgIpc) is 3.05. The summed E-state index contributed by atoms with van der Waals surface area (Å²) in [5.41, 5.74) is 0. The van der Waals surface area contributed by atoms with Crippen molar-refractivity contribution >= 4 is 10.2 Å². The molecule has 23 heavy (non-hydrogen) atoms. The quantitative estimate of drug-likeness (QED) is 0.812. The largest absolute Gasteiger partial charge is 0.339 e. The summed E-state index contributed by atoms with van der Waals surface area (Å²) in [6, 6.07) is 0. The highest BCUT2D eigenvalue weighted by Gasteiger charge is 2.35. The van der Waals surface area contributed by atoms with Crippen LogP contribution in [0.1, 0.15) is 56.2 Å². The van der Waals surface area contributed by atoms with Crippen LogP contribution in [0.2, 0.25) is 0 Å². The Labute approximate surface area is 137 Å². The molecule has 1 aliphatic carbocycles. The molecule has 128 valence electrons. The molecule has 3 fully saturated rings. The first kappa shape index (κ1) is 15.5. The minimum atomic E-state index is -3.29. The van der Waals surface area contributed by atoms with Gasteiger partial charge in [0.2, 0.25) is 5.89 Å². The van der Waals surface area contributed by atoms with Crippen molar-refractivity contribution in [1.29, 1.82) is 0 Å². The number of hydrogen-bond donors (Lipinski definition) is 0. The Kier molecular flexibility index (Phi) is 4.15. The molecule has 0 bridgehead atoms. The third-order valence-corrected chi connectivity index (χ3v) is 7.09. The molecule has 1 aromatic heterocycles. The van der Waals surface area contributed by atoms with Gasteiger partial charge in [-0.3, -0.25) is 0 Å². The molecular formula is C15H24N4O3S. The van der Waals surface area contributed by atoms with E-state index in [4.69, 9.17) is 4.52 Å². The van der Waals surface area contributed by atoms with Crippen LogP contribution in [0.4, 0.5) is 0 Å². The van der Waals surface area contributed by atoms with Crippen molar-refractivity contribution in [3.05, 3.63) is 11.7 Å². The SMILES string of the molecule is O=S(=O)(N1CCCC1)N1CCCC(Cc2nc(C3CC3)no2)C1. The van der Waals surface area contributed by atoms with E-state index in [1.54, 1.807) is 8.61 Å². The van der Waals surface area contributed by atoms with Crippen molar-refractivity contribution in [2.75, 3.05) is 26.2 Å². The smallest absolute Gasteiger partial charge is 0.281 e. The second kappa shape index (κ2) is 6.14. The lowest BCUT2D eigenvalue weighted by atomic mass is 9.96. The van der Waals surface area contributed by atoms with Gasteiger partial charge in [0.25, 0.3) is 10.2 Å². The van der Waals surface area contributed by atoms with Gasteiger partial charge in [-0.25, -0.2) is 0 Å². The van der Waals surface area contributed by atoms with Gasteiger partial charge in [-0.1, -0.05) is 5.16 Å². The predicted octanol–water partition coefficient (Wildman–Crippen LogP) is 1.54. The van der Waals surface area contributed by atoms with Gasteiger partial charge in [-0.2, -0.15) is 22.0 Å². The normalized spacial score (nSPS) is 27.6. The van der Waals surface area contributed by atoms with Crippen LogP contribution in [0.15, 0.2) is 4.52 Å². The van der Waals surface area contributed by atoms with Crippen LogP contribution in [0.3, 0.4) is 0 Å². The molecule has 2 saturated heterocycles. The van der Waals surface area contributed by atoms with Crippen molar-refractivity contribution in [3.8, 4) is 0 Å². The van der Waals surface area contributed by atoms with Gasteiger partial charge in [0.1, 0.15) is 0 Å². The first-order valence-corrected chi connectivity index (χ1v) is 10.1. The molecule has 1 unspecified atom stereocenters. The third kappa shape index (κ3) is 3.29. The Hall–Kier alpha value is -0.990. The van der Waals surface area contributed by atoms with Gasteiger partial charge < -0.3 is 4.52 Å². The van der Waals surface area contributed by atoms with Gasteiger partial charge in [0, 0.05) is 38.5 Å². The molecular weight excluding hydrogens is 316 g/mol. The number of piperidine rings is 1. The van der Waals surface area contributed by atoms with Crippen molar-refractivity contribution < 1.29 is 12.9 Å². The highest BCUT2D eigenvalue weighted by Crippen LogP contribution is 2.38. The summed E-state index contributed by atoms with van der Waals surface area (Å²) in [5, 5.41) is 4.05. The van der Waals surface area contributed by atoms with E-state index >= 15 is 0 Å². The maximum absolute atomic E-state index is 12.7. The number of rotatable bonds is 5. The topological polar surface area (TPSA) is 79.5 Å². The summed E-state index contributed by atoms with van der Waals surface area (Å²) in [5.74, 6) is 2.26. The molecule has 0 amide bonds. The number of aromatic nitrogens is 2. The molecule has 0 spiro atoms. The van der Waals surface area contributed by atoms with Gasteiger partial charge >= 0.3 is 0 Å². The van der Waals surface area contributed by atoms with Crippen LogP contribution >= 0.6 is 0 Å². The van der Waals surface area contributed by atoms with Crippen LogP contribution in [0, 0.1) is 5.92 Å². The molecule has 7 nitrogen and oxygen atoms in total. The third-order valence-electron chi connectivity index (χ3n) is 5.09. The summed E-state index contributed by atoms with van der Waals surface area (Å²) < 4.78 is 34.0. The molecule has 2 aliphatic heterocycles. The summed E-state index contributed by atoms with van der Waals surface area (Å²) in [6.07, 6.45) is 6.87. The zero-order valence-electron chi connectivity index (χ0n) is 13.4. The second-order valence-corrected chi connectivity index (χ2v) is 8.93. The number of hydrogen-bond acceptors (Lipinski definition) is 5. The molecule has 1 atom stereocenters. The molecule has 4 rings (SSSR count). The fraction of sp³-hybridized carbons (Fsp3) is 0.867. The van der Waals surface area contributed by atoms with Crippen molar-refractivity contribution in [3.63, 3.8) is 0 Å². The van der Waals surface area contributed by atoms with E-state index in [2.05, 4.69) is 10.1 Å².